The van der Waals surface area contributed by atoms with E-state index in [0.717, 1.165) is 6.42 Å². The van der Waals surface area contributed by atoms with Crippen LogP contribution in [0.4, 0.5) is 0 Å². The van der Waals surface area contributed by atoms with Gasteiger partial charge in [0.1, 0.15) is 0 Å². The third-order valence-corrected chi connectivity index (χ3v) is 3.26. The lowest BCUT2D eigenvalue weighted by Crippen LogP contribution is -2.40. The zero-order valence-electron chi connectivity index (χ0n) is 11.1. The third-order valence-electron chi connectivity index (χ3n) is 3.05. The third kappa shape index (κ3) is 4.88. The van der Waals surface area contributed by atoms with Gasteiger partial charge in [0.2, 0.25) is 5.91 Å². The van der Waals surface area contributed by atoms with Crippen LogP contribution in [-0.4, -0.2) is 55.3 Å². The van der Waals surface area contributed by atoms with Crippen LogP contribution in [-0.2, 0) is 14.3 Å². The van der Waals surface area contributed by atoms with Crippen LogP contribution in [0.5, 0.6) is 0 Å². The molecule has 0 bridgehead atoms. The fourth-order valence-electron chi connectivity index (χ4n) is 2.03. The van der Waals surface area contributed by atoms with E-state index in [1.807, 2.05) is 6.92 Å². The first-order valence-electron chi connectivity index (χ1n) is 6.22. The van der Waals surface area contributed by atoms with Gasteiger partial charge in [-0.2, -0.15) is 0 Å². The molecule has 0 aromatic rings. The van der Waals surface area contributed by atoms with Gasteiger partial charge < -0.3 is 20.1 Å². The van der Waals surface area contributed by atoms with Crippen molar-refractivity contribution < 1.29 is 14.3 Å². The quantitative estimate of drug-likeness (QED) is 0.687. The van der Waals surface area contributed by atoms with Gasteiger partial charge in [0.05, 0.1) is 30.2 Å². The summed E-state index contributed by atoms with van der Waals surface area (Å²) >= 11 is 4.85. The summed E-state index contributed by atoms with van der Waals surface area (Å²) in [6.07, 6.45) is 1.50. The second kappa shape index (κ2) is 7.66. The van der Waals surface area contributed by atoms with Crippen LogP contribution >= 0.6 is 12.2 Å². The Morgan fingerprint density at radius 1 is 1.56 bits per heavy atom. The molecule has 1 saturated heterocycles. The first-order chi connectivity index (χ1) is 8.54. The van der Waals surface area contributed by atoms with Crippen LogP contribution in [0, 0.1) is 5.92 Å². The summed E-state index contributed by atoms with van der Waals surface area (Å²) in [5, 5.41) is 0. The van der Waals surface area contributed by atoms with Gasteiger partial charge >= 0.3 is 0 Å². The molecule has 1 aliphatic rings. The maximum absolute atomic E-state index is 12.3. The Balaban J connectivity index is 2.51. The molecule has 1 fully saturated rings. The molecule has 0 aliphatic carbocycles. The predicted molar refractivity (Wildman–Crippen MR) is 73.4 cm³/mol. The number of nitrogens with two attached hydrogens (primary N) is 1. The van der Waals surface area contributed by atoms with Gasteiger partial charge in [-0.15, -0.1) is 0 Å². The number of nitrogens with zero attached hydrogens (tertiary/aromatic N) is 1. The van der Waals surface area contributed by atoms with E-state index < -0.39 is 0 Å². The molecule has 2 unspecified atom stereocenters. The lowest BCUT2D eigenvalue weighted by molar-refractivity contribution is -0.136. The Kier molecular flexibility index (Phi) is 6.52. The smallest absolute Gasteiger partial charge is 0.228 e. The van der Waals surface area contributed by atoms with Gasteiger partial charge in [0, 0.05) is 26.6 Å². The van der Waals surface area contributed by atoms with Crippen LogP contribution in [0.1, 0.15) is 19.8 Å². The van der Waals surface area contributed by atoms with E-state index in [-0.39, 0.29) is 17.9 Å². The van der Waals surface area contributed by atoms with E-state index in [0.29, 0.717) is 37.7 Å². The summed E-state index contributed by atoms with van der Waals surface area (Å²) in [6, 6.07) is 0. The molecule has 2 N–H and O–H groups in total. The van der Waals surface area contributed by atoms with Crippen molar-refractivity contribution in [1.29, 1.82) is 0 Å². The average Bonchev–Trinajstić information content (AvgIpc) is 2.75. The number of hydrogen-bond acceptors (Lipinski definition) is 4. The fraction of sp³-hybridized carbons (Fsp3) is 0.833. The van der Waals surface area contributed by atoms with Crippen molar-refractivity contribution >= 4 is 23.1 Å². The highest BCUT2D eigenvalue weighted by Crippen LogP contribution is 2.21. The minimum absolute atomic E-state index is 0.0387. The van der Waals surface area contributed by atoms with Crippen molar-refractivity contribution in [3.8, 4) is 0 Å². The molecule has 2 atom stereocenters. The van der Waals surface area contributed by atoms with E-state index in [1.54, 1.807) is 12.0 Å². The number of amides is 1. The van der Waals surface area contributed by atoms with Crippen molar-refractivity contribution in [1.82, 2.24) is 4.90 Å². The summed E-state index contributed by atoms with van der Waals surface area (Å²) in [5.74, 6) is 0.0795. The van der Waals surface area contributed by atoms with Gasteiger partial charge in [0.15, 0.2) is 0 Å². The number of rotatable bonds is 7. The molecule has 18 heavy (non-hydrogen) atoms. The van der Waals surface area contributed by atoms with Gasteiger partial charge in [-0.25, -0.2) is 0 Å². The van der Waals surface area contributed by atoms with Crippen LogP contribution < -0.4 is 5.73 Å². The SMILES string of the molecule is COCCN(CCC(N)=S)C(=O)C1COC(C)C1. The molecule has 0 spiro atoms. The van der Waals surface area contributed by atoms with Gasteiger partial charge in [-0.1, -0.05) is 12.2 Å². The highest BCUT2D eigenvalue weighted by Gasteiger charge is 2.31. The lowest BCUT2D eigenvalue weighted by Gasteiger charge is -2.24. The molecule has 6 heteroatoms. The average molecular weight is 274 g/mol. The molecule has 0 saturated carbocycles. The minimum Gasteiger partial charge on any atom is -0.393 e. The Morgan fingerprint density at radius 2 is 2.28 bits per heavy atom. The van der Waals surface area contributed by atoms with Crippen LogP contribution in [0.3, 0.4) is 0 Å². The summed E-state index contributed by atoms with van der Waals surface area (Å²) in [5.41, 5.74) is 5.48. The predicted octanol–water partition coefficient (Wildman–Crippen LogP) is 0.563. The molecule has 0 aromatic heterocycles. The van der Waals surface area contributed by atoms with Crippen molar-refractivity contribution in [2.75, 3.05) is 33.4 Å². The number of hydrogen-bond donors (Lipinski definition) is 1. The van der Waals surface area contributed by atoms with Crippen molar-refractivity contribution in [2.45, 2.75) is 25.9 Å². The first kappa shape index (κ1) is 15.3. The van der Waals surface area contributed by atoms with E-state index in [4.69, 9.17) is 27.4 Å². The number of ether oxygens (including phenoxy) is 2. The summed E-state index contributed by atoms with van der Waals surface area (Å²) in [4.78, 5) is 14.5. The maximum atomic E-state index is 12.3. The number of carbonyl (C=O) groups excluding carboxylic acids is 1. The zero-order valence-corrected chi connectivity index (χ0v) is 11.9. The summed E-state index contributed by atoms with van der Waals surface area (Å²) < 4.78 is 10.5. The first-order valence-corrected chi connectivity index (χ1v) is 6.63. The van der Waals surface area contributed by atoms with Gasteiger partial charge in [0.25, 0.3) is 0 Å². The molecule has 5 nitrogen and oxygen atoms in total. The molecular weight excluding hydrogens is 252 g/mol. The molecular formula is C12H22N2O3S. The second-order valence-electron chi connectivity index (χ2n) is 4.61. The molecule has 0 radical (unpaired) electrons. The van der Waals surface area contributed by atoms with Crippen molar-refractivity contribution in [3.05, 3.63) is 0 Å². The number of carbonyl (C=O) groups is 1. The molecule has 1 aliphatic heterocycles. The highest BCUT2D eigenvalue weighted by atomic mass is 32.1. The van der Waals surface area contributed by atoms with Crippen LogP contribution in [0.2, 0.25) is 0 Å². The van der Waals surface area contributed by atoms with E-state index in [2.05, 4.69) is 0 Å². The largest absolute Gasteiger partial charge is 0.393 e. The number of methoxy groups -OCH3 is 1. The Morgan fingerprint density at radius 3 is 2.78 bits per heavy atom. The van der Waals surface area contributed by atoms with E-state index >= 15 is 0 Å². The standard InChI is InChI=1S/C12H22N2O3S/c1-9-7-10(8-17-9)12(15)14(5-6-16-2)4-3-11(13)18/h9-10H,3-8H2,1-2H3,(H2,13,18). The van der Waals surface area contributed by atoms with E-state index in [9.17, 15) is 4.79 Å². The maximum Gasteiger partial charge on any atom is 0.228 e. The lowest BCUT2D eigenvalue weighted by atomic mass is 10.0. The summed E-state index contributed by atoms with van der Waals surface area (Å²) in [7, 11) is 1.62. The highest BCUT2D eigenvalue weighted by molar-refractivity contribution is 7.80. The Bertz CT molecular complexity index is 299. The van der Waals surface area contributed by atoms with Gasteiger partial charge in [-0.05, 0) is 13.3 Å². The van der Waals surface area contributed by atoms with Crippen LogP contribution in [0.25, 0.3) is 0 Å². The second-order valence-corrected chi connectivity index (χ2v) is 5.14. The topological polar surface area (TPSA) is 64.8 Å². The van der Waals surface area contributed by atoms with Gasteiger partial charge in [-0.3, -0.25) is 4.79 Å². The Hall–Kier alpha value is -0.720. The van der Waals surface area contributed by atoms with Crippen LogP contribution in [0.15, 0.2) is 0 Å². The zero-order chi connectivity index (χ0) is 13.5. The number of thiocarbonyl (C=S) groups is 1. The normalized spacial score (nSPS) is 23.0. The molecule has 1 amide bonds. The molecule has 0 aromatic carbocycles. The molecule has 1 heterocycles. The Labute approximate surface area is 114 Å². The molecule has 104 valence electrons. The molecule has 1 rings (SSSR count). The van der Waals surface area contributed by atoms with E-state index in [1.165, 1.54) is 0 Å². The fourth-order valence-corrected chi connectivity index (χ4v) is 2.12. The summed E-state index contributed by atoms with van der Waals surface area (Å²) in [6.45, 7) is 4.15. The minimum atomic E-state index is -0.0387. The van der Waals surface area contributed by atoms with Crippen molar-refractivity contribution in [2.24, 2.45) is 11.7 Å². The van der Waals surface area contributed by atoms with Crippen molar-refractivity contribution in [3.63, 3.8) is 0 Å². The monoisotopic (exact) mass is 274 g/mol.